The van der Waals surface area contributed by atoms with Gasteiger partial charge in [-0.15, -0.1) is 0 Å². The van der Waals surface area contributed by atoms with Gasteiger partial charge in [0.25, 0.3) is 15.9 Å². The van der Waals surface area contributed by atoms with Gasteiger partial charge in [-0.1, -0.05) is 19.1 Å². The first-order valence-corrected chi connectivity index (χ1v) is 15.2. The number of likely N-dealkylation sites (N-methyl/N-ethyl adjacent to an activating group) is 1. The topological polar surface area (TPSA) is 118 Å². The van der Waals surface area contributed by atoms with Gasteiger partial charge in [-0.25, -0.2) is 8.42 Å². The number of carbonyl (C=O) groups excluding carboxylic acids is 1. The Balaban J connectivity index is 1.60. The van der Waals surface area contributed by atoms with Crippen molar-refractivity contribution in [3.8, 4) is 17.2 Å². The molecule has 1 aliphatic heterocycles. The number of hydrogen-bond acceptors (Lipinski definition) is 8. The Kier molecular flexibility index (Phi) is 9.97. The zero-order valence-electron chi connectivity index (χ0n) is 24.6. The fourth-order valence-corrected chi connectivity index (χ4v) is 5.94. The molecule has 3 aromatic carbocycles. The van der Waals surface area contributed by atoms with Crippen LogP contribution in [0, 0.1) is 5.92 Å². The summed E-state index contributed by atoms with van der Waals surface area (Å²) in [6.45, 7) is 5.23. The number of amides is 1. The maximum Gasteiger partial charge on any atom is 0.261 e. The van der Waals surface area contributed by atoms with Crippen molar-refractivity contribution in [3.63, 3.8) is 0 Å². The minimum Gasteiger partial charge on any atom is -0.497 e. The van der Waals surface area contributed by atoms with E-state index in [4.69, 9.17) is 14.2 Å². The molecule has 0 radical (unpaired) electrons. The second kappa shape index (κ2) is 13.5. The zero-order valence-corrected chi connectivity index (χ0v) is 25.4. The van der Waals surface area contributed by atoms with Crippen LogP contribution in [0.25, 0.3) is 0 Å². The Morgan fingerprint density at radius 2 is 1.67 bits per heavy atom. The van der Waals surface area contributed by atoms with Gasteiger partial charge >= 0.3 is 0 Å². The summed E-state index contributed by atoms with van der Waals surface area (Å²) in [6, 6.07) is 18.2. The van der Waals surface area contributed by atoms with Crippen molar-refractivity contribution in [2.24, 2.45) is 5.92 Å². The van der Waals surface area contributed by atoms with E-state index in [1.54, 1.807) is 43.2 Å². The molecule has 0 saturated heterocycles. The van der Waals surface area contributed by atoms with E-state index in [0.717, 1.165) is 11.3 Å². The monoisotopic (exact) mass is 597 g/mol. The highest BCUT2D eigenvalue weighted by molar-refractivity contribution is 7.92. The Morgan fingerprint density at radius 3 is 2.26 bits per heavy atom. The Hall–Kier alpha value is -3.80. The van der Waals surface area contributed by atoms with E-state index < -0.39 is 16.1 Å². The summed E-state index contributed by atoms with van der Waals surface area (Å²) in [4.78, 5) is 17.6. The molecule has 1 aliphatic rings. The van der Waals surface area contributed by atoms with Crippen LogP contribution >= 0.6 is 0 Å². The van der Waals surface area contributed by atoms with Crippen molar-refractivity contribution in [2.75, 3.05) is 45.7 Å². The van der Waals surface area contributed by atoms with Crippen LogP contribution in [0.2, 0.25) is 0 Å². The first kappa shape index (κ1) is 31.1. The average Bonchev–Trinajstić information content (AvgIpc) is 2.99. The number of aliphatic hydroxyl groups is 1. The maximum atomic E-state index is 13.7. The fourth-order valence-electron chi connectivity index (χ4n) is 4.89. The number of anilines is 1. The minimum atomic E-state index is -3.93. The number of carbonyl (C=O) groups is 1. The van der Waals surface area contributed by atoms with Crippen LogP contribution in [0.1, 0.15) is 29.8 Å². The number of sulfonamides is 1. The summed E-state index contributed by atoms with van der Waals surface area (Å²) in [5, 5.41) is 9.94. The van der Waals surface area contributed by atoms with Crippen LogP contribution in [0.4, 0.5) is 5.69 Å². The van der Waals surface area contributed by atoms with Gasteiger partial charge in [0.2, 0.25) is 0 Å². The number of nitrogens with zero attached hydrogens (tertiary/aromatic N) is 2. The summed E-state index contributed by atoms with van der Waals surface area (Å²) in [6.07, 6.45) is -0.282. The molecule has 4 rings (SSSR count). The normalized spacial score (nSPS) is 18.0. The van der Waals surface area contributed by atoms with Crippen molar-refractivity contribution in [2.45, 2.75) is 37.4 Å². The quantitative estimate of drug-likeness (QED) is 0.342. The average molecular weight is 598 g/mol. The summed E-state index contributed by atoms with van der Waals surface area (Å²) in [5.41, 5.74) is 1.57. The lowest BCUT2D eigenvalue weighted by atomic mass is 9.99. The van der Waals surface area contributed by atoms with Gasteiger partial charge in [0.1, 0.15) is 23.4 Å². The van der Waals surface area contributed by atoms with Crippen LogP contribution in [-0.2, 0) is 16.6 Å². The fraction of sp³-hybridized carbons (Fsp3) is 0.387. The number of hydrogen-bond donors (Lipinski definition) is 2. The standard InChI is InChI=1S/C31H39N3O7S/c1-21-17-34(22(2)20-35)31(36)28-16-24(32-42(37,38)27-13-11-26(40-5)12-14-27)8-15-29(28)41-30(21)19-33(3)18-23-6-9-25(39-4)10-7-23/h6-16,21-22,30,32,35H,17-20H2,1-5H3/t21-,22+,30-/m1/s1. The Labute approximate surface area is 247 Å². The highest BCUT2D eigenvalue weighted by atomic mass is 32.2. The van der Waals surface area contributed by atoms with Crippen LogP contribution in [0.3, 0.4) is 0 Å². The first-order chi connectivity index (χ1) is 20.0. The third kappa shape index (κ3) is 7.33. The van der Waals surface area contributed by atoms with E-state index in [-0.39, 0.29) is 40.7 Å². The summed E-state index contributed by atoms with van der Waals surface area (Å²) >= 11 is 0. The van der Waals surface area contributed by atoms with E-state index in [1.807, 2.05) is 38.2 Å². The van der Waals surface area contributed by atoms with Crippen LogP contribution in [0.5, 0.6) is 17.2 Å². The maximum absolute atomic E-state index is 13.7. The molecule has 0 aliphatic carbocycles. The molecular weight excluding hydrogens is 558 g/mol. The first-order valence-electron chi connectivity index (χ1n) is 13.8. The van der Waals surface area contributed by atoms with Gasteiger partial charge < -0.3 is 24.2 Å². The lowest BCUT2D eigenvalue weighted by molar-refractivity contribution is 0.0341. The SMILES string of the molecule is COc1ccc(CN(C)C[C@H]2Oc3ccc(NS(=O)(=O)c4ccc(OC)cc4)cc3C(=O)N([C@@H](C)CO)C[C@H]2C)cc1. The summed E-state index contributed by atoms with van der Waals surface area (Å²) in [5.74, 6) is 1.30. The van der Waals surface area contributed by atoms with Crippen molar-refractivity contribution in [1.29, 1.82) is 0 Å². The summed E-state index contributed by atoms with van der Waals surface area (Å²) in [7, 11) is 1.22. The zero-order chi connectivity index (χ0) is 30.4. The number of fused-ring (bicyclic) bond motifs is 1. The van der Waals surface area contributed by atoms with Crippen LogP contribution in [0.15, 0.2) is 71.6 Å². The van der Waals surface area contributed by atoms with E-state index in [2.05, 4.69) is 9.62 Å². The molecule has 10 nitrogen and oxygen atoms in total. The molecular formula is C31H39N3O7S. The number of benzene rings is 3. The molecule has 0 saturated carbocycles. The van der Waals surface area contributed by atoms with Crippen LogP contribution < -0.4 is 18.9 Å². The minimum absolute atomic E-state index is 0.0531. The molecule has 3 atom stereocenters. The lowest BCUT2D eigenvalue weighted by Gasteiger charge is -2.38. The molecule has 1 amide bonds. The molecule has 0 aromatic heterocycles. The largest absolute Gasteiger partial charge is 0.497 e. The van der Waals surface area contributed by atoms with Crippen molar-refractivity contribution in [1.82, 2.24) is 9.80 Å². The van der Waals surface area contributed by atoms with Crippen molar-refractivity contribution < 1.29 is 32.5 Å². The van der Waals surface area contributed by atoms with Crippen LogP contribution in [-0.4, -0.2) is 82.3 Å². The van der Waals surface area contributed by atoms with Gasteiger partial charge in [-0.05, 0) is 74.1 Å². The smallest absolute Gasteiger partial charge is 0.261 e. The second-order valence-corrected chi connectivity index (χ2v) is 12.3. The third-order valence-corrected chi connectivity index (χ3v) is 8.79. The molecule has 0 bridgehead atoms. The van der Waals surface area contributed by atoms with Gasteiger partial charge in [-0.2, -0.15) is 0 Å². The molecule has 11 heteroatoms. The number of aliphatic hydroxyl groups excluding tert-OH is 1. The summed E-state index contributed by atoms with van der Waals surface area (Å²) < 4.78 is 45.5. The lowest BCUT2D eigenvalue weighted by Crippen LogP contribution is -2.49. The van der Waals surface area contributed by atoms with E-state index in [0.29, 0.717) is 31.1 Å². The van der Waals surface area contributed by atoms with Crippen molar-refractivity contribution in [3.05, 3.63) is 77.9 Å². The van der Waals surface area contributed by atoms with Gasteiger partial charge in [0.15, 0.2) is 0 Å². The molecule has 226 valence electrons. The van der Waals surface area contributed by atoms with Gasteiger partial charge in [-0.3, -0.25) is 14.4 Å². The third-order valence-electron chi connectivity index (χ3n) is 7.39. The van der Waals surface area contributed by atoms with E-state index in [9.17, 15) is 18.3 Å². The molecule has 0 unspecified atom stereocenters. The Morgan fingerprint density at radius 1 is 1.05 bits per heavy atom. The molecule has 0 fully saturated rings. The number of methoxy groups -OCH3 is 2. The second-order valence-electron chi connectivity index (χ2n) is 10.7. The van der Waals surface area contributed by atoms with E-state index in [1.165, 1.54) is 25.3 Å². The number of nitrogens with one attached hydrogen (secondary N) is 1. The van der Waals surface area contributed by atoms with E-state index >= 15 is 0 Å². The molecule has 1 heterocycles. The van der Waals surface area contributed by atoms with Crippen molar-refractivity contribution >= 4 is 21.6 Å². The highest BCUT2D eigenvalue weighted by Crippen LogP contribution is 2.32. The molecule has 0 spiro atoms. The highest BCUT2D eigenvalue weighted by Gasteiger charge is 2.33. The van der Waals surface area contributed by atoms with Gasteiger partial charge in [0.05, 0.1) is 37.3 Å². The molecule has 42 heavy (non-hydrogen) atoms. The number of ether oxygens (including phenoxy) is 3. The predicted octanol–water partition coefficient (Wildman–Crippen LogP) is 3.86. The van der Waals surface area contributed by atoms with Gasteiger partial charge in [0, 0.05) is 31.2 Å². The number of rotatable bonds is 11. The Bertz CT molecular complexity index is 1460. The molecule has 3 aromatic rings. The molecule has 2 N–H and O–H groups in total. The predicted molar refractivity (Wildman–Crippen MR) is 161 cm³/mol.